The van der Waals surface area contributed by atoms with E-state index in [4.69, 9.17) is 17.3 Å². The van der Waals surface area contributed by atoms with Gasteiger partial charge in [-0.25, -0.2) is 4.39 Å². The van der Waals surface area contributed by atoms with Gasteiger partial charge in [-0.05, 0) is 37.4 Å². The first-order valence-corrected chi connectivity index (χ1v) is 6.46. The first-order chi connectivity index (χ1) is 8.63. The summed E-state index contributed by atoms with van der Waals surface area (Å²) in [5.74, 6) is -0.796. The number of amides is 1. The number of carbonyl (C=O) groups excluding carboxylic acids is 1. The highest BCUT2D eigenvalue weighted by Gasteiger charge is 2.28. The number of halogens is 2. The highest BCUT2D eigenvalue weighted by atomic mass is 35.5. The average Bonchev–Trinajstić information content (AvgIpc) is 2.79. The predicted octanol–water partition coefficient (Wildman–Crippen LogP) is 2.34. The molecule has 1 saturated carbocycles. The Morgan fingerprint density at radius 3 is 3.00 bits per heavy atom. The minimum atomic E-state index is -0.668. The molecule has 0 aliphatic heterocycles. The summed E-state index contributed by atoms with van der Waals surface area (Å²) in [4.78, 5) is 12.0. The van der Waals surface area contributed by atoms with Crippen molar-refractivity contribution in [3.63, 3.8) is 0 Å². The Balaban J connectivity index is 2.10. The van der Waals surface area contributed by atoms with Crippen LogP contribution in [0.5, 0.6) is 0 Å². The first-order valence-electron chi connectivity index (χ1n) is 6.08. The number of hydrogen-bond donors (Lipinski definition) is 2. The SMILES string of the molecule is NCC1CCCC1NC(=O)c1cccc(Cl)c1F. The topological polar surface area (TPSA) is 55.1 Å². The van der Waals surface area contributed by atoms with Crippen LogP contribution >= 0.6 is 11.6 Å². The molecule has 0 saturated heterocycles. The maximum absolute atomic E-state index is 13.7. The molecule has 1 amide bonds. The summed E-state index contributed by atoms with van der Waals surface area (Å²) in [5.41, 5.74) is 5.64. The standard InChI is InChI=1S/C13H16ClFN2O/c14-10-5-2-4-9(12(10)15)13(18)17-11-6-1-3-8(11)7-16/h2,4-5,8,11H,1,3,6-7,16H2,(H,17,18). The molecule has 18 heavy (non-hydrogen) atoms. The first kappa shape index (κ1) is 13.3. The number of rotatable bonds is 3. The highest BCUT2D eigenvalue weighted by molar-refractivity contribution is 6.31. The monoisotopic (exact) mass is 270 g/mol. The number of hydrogen-bond acceptors (Lipinski definition) is 2. The van der Waals surface area contributed by atoms with Crippen LogP contribution in [-0.2, 0) is 0 Å². The molecule has 1 aliphatic rings. The quantitative estimate of drug-likeness (QED) is 0.886. The molecular weight excluding hydrogens is 255 g/mol. The van der Waals surface area contributed by atoms with E-state index in [-0.39, 0.29) is 22.5 Å². The molecule has 3 N–H and O–H groups in total. The van der Waals surface area contributed by atoms with Crippen molar-refractivity contribution in [3.05, 3.63) is 34.6 Å². The lowest BCUT2D eigenvalue weighted by Gasteiger charge is -2.19. The Morgan fingerprint density at radius 2 is 2.28 bits per heavy atom. The van der Waals surface area contributed by atoms with Crippen molar-refractivity contribution in [3.8, 4) is 0 Å². The molecule has 0 radical (unpaired) electrons. The molecule has 1 fully saturated rings. The predicted molar refractivity (Wildman–Crippen MR) is 69.1 cm³/mol. The Hall–Kier alpha value is -1.13. The van der Waals surface area contributed by atoms with Gasteiger partial charge in [0.1, 0.15) is 0 Å². The second-order valence-electron chi connectivity index (χ2n) is 4.61. The van der Waals surface area contributed by atoms with E-state index < -0.39 is 11.7 Å². The molecule has 0 aromatic heterocycles. The average molecular weight is 271 g/mol. The third kappa shape index (κ3) is 2.65. The van der Waals surface area contributed by atoms with E-state index in [9.17, 15) is 9.18 Å². The van der Waals surface area contributed by atoms with Gasteiger partial charge in [-0.2, -0.15) is 0 Å². The normalized spacial score (nSPS) is 23.1. The molecule has 2 unspecified atom stereocenters. The third-order valence-electron chi connectivity index (χ3n) is 3.47. The van der Waals surface area contributed by atoms with E-state index in [0.29, 0.717) is 6.54 Å². The summed E-state index contributed by atoms with van der Waals surface area (Å²) in [5, 5.41) is 2.81. The van der Waals surface area contributed by atoms with Gasteiger partial charge in [0.25, 0.3) is 5.91 Å². The van der Waals surface area contributed by atoms with E-state index in [1.165, 1.54) is 12.1 Å². The Labute approximate surface area is 111 Å². The lowest BCUT2D eigenvalue weighted by atomic mass is 10.0. The van der Waals surface area contributed by atoms with E-state index >= 15 is 0 Å². The smallest absolute Gasteiger partial charge is 0.254 e. The number of nitrogens with one attached hydrogen (secondary N) is 1. The van der Waals surface area contributed by atoms with Crippen LogP contribution in [0.3, 0.4) is 0 Å². The molecular formula is C13H16ClFN2O. The maximum Gasteiger partial charge on any atom is 0.254 e. The van der Waals surface area contributed by atoms with Crippen LogP contribution in [-0.4, -0.2) is 18.5 Å². The lowest BCUT2D eigenvalue weighted by Crippen LogP contribution is -2.40. The second-order valence-corrected chi connectivity index (χ2v) is 5.02. The fraction of sp³-hybridized carbons (Fsp3) is 0.462. The van der Waals surface area contributed by atoms with Gasteiger partial charge in [0.15, 0.2) is 5.82 Å². The molecule has 98 valence electrons. The van der Waals surface area contributed by atoms with Crippen LogP contribution in [0.25, 0.3) is 0 Å². The van der Waals surface area contributed by atoms with Crippen LogP contribution in [0.4, 0.5) is 4.39 Å². The highest BCUT2D eigenvalue weighted by Crippen LogP contribution is 2.25. The molecule has 1 aliphatic carbocycles. The summed E-state index contributed by atoms with van der Waals surface area (Å²) in [6.45, 7) is 0.545. The van der Waals surface area contributed by atoms with Crippen LogP contribution in [0.2, 0.25) is 5.02 Å². The van der Waals surface area contributed by atoms with Gasteiger partial charge in [0.05, 0.1) is 10.6 Å². The van der Waals surface area contributed by atoms with Crippen molar-refractivity contribution in [1.29, 1.82) is 0 Å². The fourth-order valence-corrected chi connectivity index (χ4v) is 2.61. The minimum absolute atomic E-state index is 0.00910. The van der Waals surface area contributed by atoms with Crippen molar-refractivity contribution >= 4 is 17.5 Å². The van der Waals surface area contributed by atoms with E-state index in [1.807, 2.05) is 0 Å². The summed E-state index contributed by atoms with van der Waals surface area (Å²) in [6, 6.07) is 4.46. The molecule has 1 aromatic carbocycles. The summed E-state index contributed by atoms with van der Waals surface area (Å²) >= 11 is 5.66. The van der Waals surface area contributed by atoms with Gasteiger partial charge in [0.2, 0.25) is 0 Å². The van der Waals surface area contributed by atoms with Crippen LogP contribution in [0.15, 0.2) is 18.2 Å². The van der Waals surface area contributed by atoms with Gasteiger partial charge in [-0.1, -0.05) is 24.1 Å². The van der Waals surface area contributed by atoms with Gasteiger partial charge in [0, 0.05) is 6.04 Å². The molecule has 3 nitrogen and oxygen atoms in total. The number of carbonyl (C=O) groups is 1. The third-order valence-corrected chi connectivity index (χ3v) is 3.77. The zero-order valence-corrected chi connectivity index (χ0v) is 10.7. The fourth-order valence-electron chi connectivity index (χ4n) is 2.43. The second kappa shape index (κ2) is 5.67. The zero-order chi connectivity index (χ0) is 13.1. The molecule has 1 aromatic rings. The van der Waals surface area contributed by atoms with Crippen LogP contribution < -0.4 is 11.1 Å². The molecule has 0 spiro atoms. The van der Waals surface area contributed by atoms with E-state index in [2.05, 4.69) is 5.32 Å². The van der Waals surface area contributed by atoms with Gasteiger partial charge in [-0.15, -0.1) is 0 Å². The van der Waals surface area contributed by atoms with Crippen molar-refractivity contribution < 1.29 is 9.18 Å². The summed E-state index contributed by atoms with van der Waals surface area (Å²) < 4.78 is 13.7. The van der Waals surface area contributed by atoms with E-state index in [0.717, 1.165) is 19.3 Å². The molecule has 0 bridgehead atoms. The molecule has 5 heteroatoms. The van der Waals surface area contributed by atoms with Crippen molar-refractivity contribution in [1.82, 2.24) is 5.32 Å². The Kier molecular flexibility index (Phi) is 4.19. The largest absolute Gasteiger partial charge is 0.349 e. The van der Waals surface area contributed by atoms with Gasteiger partial charge < -0.3 is 11.1 Å². The van der Waals surface area contributed by atoms with Crippen molar-refractivity contribution in [2.75, 3.05) is 6.54 Å². The Bertz CT molecular complexity index is 453. The lowest BCUT2D eigenvalue weighted by molar-refractivity contribution is 0.0924. The van der Waals surface area contributed by atoms with E-state index in [1.54, 1.807) is 6.07 Å². The molecule has 0 heterocycles. The van der Waals surface area contributed by atoms with Gasteiger partial charge >= 0.3 is 0 Å². The minimum Gasteiger partial charge on any atom is -0.349 e. The van der Waals surface area contributed by atoms with Crippen molar-refractivity contribution in [2.45, 2.75) is 25.3 Å². The molecule has 2 atom stereocenters. The summed E-state index contributed by atoms with van der Waals surface area (Å²) in [7, 11) is 0. The zero-order valence-electron chi connectivity index (χ0n) is 9.96. The van der Waals surface area contributed by atoms with Crippen LogP contribution in [0.1, 0.15) is 29.6 Å². The van der Waals surface area contributed by atoms with Crippen LogP contribution in [0, 0.1) is 11.7 Å². The number of nitrogens with two attached hydrogens (primary N) is 1. The summed E-state index contributed by atoms with van der Waals surface area (Å²) in [6.07, 6.45) is 2.96. The molecule has 2 rings (SSSR count). The van der Waals surface area contributed by atoms with Gasteiger partial charge in [-0.3, -0.25) is 4.79 Å². The Morgan fingerprint density at radius 1 is 1.50 bits per heavy atom. The van der Waals surface area contributed by atoms with Crippen molar-refractivity contribution in [2.24, 2.45) is 11.7 Å². The number of benzene rings is 1. The maximum atomic E-state index is 13.7.